The fraction of sp³-hybridized carbons (Fsp3) is 0.500. The van der Waals surface area contributed by atoms with Crippen LogP contribution >= 0.6 is 0 Å². The van der Waals surface area contributed by atoms with E-state index in [1.54, 1.807) is 0 Å². The Labute approximate surface area is 125 Å². The van der Waals surface area contributed by atoms with E-state index >= 15 is 0 Å². The number of nitrogens with zero attached hydrogens (tertiary/aromatic N) is 1. The van der Waals surface area contributed by atoms with Crippen LogP contribution in [0.1, 0.15) is 26.7 Å². The lowest BCUT2D eigenvalue weighted by atomic mass is 10.0. The highest BCUT2D eigenvalue weighted by molar-refractivity contribution is 6.04. The summed E-state index contributed by atoms with van der Waals surface area (Å²) in [6, 6.07) is 8.85. The average Bonchev–Trinajstić information content (AvgIpc) is 2.71. The number of nitrogens with one attached hydrogen (secondary N) is 1. The van der Waals surface area contributed by atoms with Crippen LogP contribution in [0.25, 0.3) is 0 Å². The zero-order valence-corrected chi connectivity index (χ0v) is 12.5. The van der Waals surface area contributed by atoms with Gasteiger partial charge in [-0.25, -0.2) is 4.79 Å². The van der Waals surface area contributed by atoms with Crippen molar-refractivity contribution < 1.29 is 14.3 Å². The van der Waals surface area contributed by atoms with Crippen LogP contribution in [-0.2, 0) is 4.79 Å². The maximum absolute atomic E-state index is 12.1. The molecule has 1 aromatic carbocycles. The van der Waals surface area contributed by atoms with Gasteiger partial charge in [0, 0.05) is 6.54 Å². The van der Waals surface area contributed by atoms with Gasteiger partial charge in [-0.1, -0.05) is 32.0 Å². The zero-order chi connectivity index (χ0) is 15.2. The fourth-order valence-electron chi connectivity index (χ4n) is 2.35. The van der Waals surface area contributed by atoms with E-state index in [1.807, 2.05) is 44.2 Å². The number of carbonyl (C=O) groups is 2. The minimum Gasteiger partial charge on any atom is -0.494 e. The van der Waals surface area contributed by atoms with Crippen molar-refractivity contribution in [3.63, 3.8) is 0 Å². The van der Waals surface area contributed by atoms with Crippen LogP contribution in [0.5, 0.6) is 5.75 Å². The van der Waals surface area contributed by atoms with Crippen LogP contribution in [0.3, 0.4) is 0 Å². The minimum absolute atomic E-state index is 0.117. The molecule has 2 rings (SSSR count). The highest BCUT2D eigenvalue weighted by Crippen LogP contribution is 2.15. The molecule has 1 heterocycles. The number of para-hydroxylation sites is 1. The number of imide groups is 1. The quantitative estimate of drug-likeness (QED) is 0.620. The van der Waals surface area contributed by atoms with Gasteiger partial charge < -0.3 is 10.1 Å². The third-order valence-corrected chi connectivity index (χ3v) is 3.35. The molecule has 5 heteroatoms. The van der Waals surface area contributed by atoms with E-state index in [9.17, 15) is 9.59 Å². The number of benzene rings is 1. The topological polar surface area (TPSA) is 58.6 Å². The van der Waals surface area contributed by atoms with Gasteiger partial charge in [-0.05, 0) is 30.9 Å². The van der Waals surface area contributed by atoms with Gasteiger partial charge in [-0.3, -0.25) is 9.69 Å². The third kappa shape index (κ3) is 4.21. The van der Waals surface area contributed by atoms with E-state index < -0.39 is 0 Å². The lowest BCUT2D eigenvalue weighted by Gasteiger charge is -2.14. The van der Waals surface area contributed by atoms with Crippen molar-refractivity contribution in [3.05, 3.63) is 30.3 Å². The number of ether oxygens (including phenoxy) is 1. The highest BCUT2D eigenvalue weighted by Gasteiger charge is 2.37. The van der Waals surface area contributed by atoms with Crippen LogP contribution in [0, 0.1) is 5.92 Å². The van der Waals surface area contributed by atoms with E-state index in [1.165, 1.54) is 4.90 Å². The van der Waals surface area contributed by atoms with E-state index in [-0.39, 0.29) is 18.0 Å². The standard InChI is InChI=1S/C16H22N2O3/c1-12(2)11-14-15(19)18(16(20)17-14)9-6-10-21-13-7-4-3-5-8-13/h3-5,7-8,12,14H,6,9-11H2,1-2H3,(H,17,20)/t14-/m1/s1. The SMILES string of the molecule is CC(C)C[C@H]1NC(=O)N(CCCOc2ccccc2)C1=O. The van der Waals surface area contributed by atoms with Gasteiger partial charge in [0.05, 0.1) is 6.61 Å². The van der Waals surface area contributed by atoms with Crippen molar-refractivity contribution in [2.45, 2.75) is 32.7 Å². The summed E-state index contributed by atoms with van der Waals surface area (Å²) in [5.74, 6) is 1.06. The second kappa shape index (κ2) is 7.11. The van der Waals surface area contributed by atoms with E-state index in [2.05, 4.69) is 5.32 Å². The molecule has 0 aliphatic carbocycles. The van der Waals surface area contributed by atoms with Gasteiger partial charge in [-0.2, -0.15) is 0 Å². The van der Waals surface area contributed by atoms with Crippen molar-refractivity contribution in [2.75, 3.05) is 13.2 Å². The molecule has 0 spiro atoms. The fourth-order valence-corrected chi connectivity index (χ4v) is 2.35. The van der Waals surface area contributed by atoms with Gasteiger partial charge in [-0.15, -0.1) is 0 Å². The largest absolute Gasteiger partial charge is 0.494 e. The Morgan fingerprint density at radius 1 is 1.24 bits per heavy atom. The van der Waals surface area contributed by atoms with Crippen LogP contribution in [-0.4, -0.2) is 36.0 Å². The Balaban J connectivity index is 1.75. The number of carbonyl (C=O) groups excluding carboxylic acids is 2. The molecule has 0 radical (unpaired) electrons. The molecule has 5 nitrogen and oxygen atoms in total. The summed E-state index contributed by atoms with van der Waals surface area (Å²) in [6.07, 6.45) is 1.31. The van der Waals surface area contributed by atoms with Crippen LogP contribution in [0.4, 0.5) is 4.79 Å². The van der Waals surface area contributed by atoms with Crippen molar-refractivity contribution in [2.24, 2.45) is 5.92 Å². The van der Waals surface area contributed by atoms with Gasteiger partial charge in [0.2, 0.25) is 0 Å². The summed E-state index contributed by atoms with van der Waals surface area (Å²) in [7, 11) is 0. The first-order chi connectivity index (χ1) is 10.1. The Kier molecular flexibility index (Phi) is 5.20. The Morgan fingerprint density at radius 3 is 2.62 bits per heavy atom. The molecule has 114 valence electrons. The predicted molar refractivity (Wildman–Crippen MR) is 80.0 cm³/mol. The third-order valence-electron chi connectivity index (χ3n) is 3.35. The van der Waals surface area contributed by atoms with Crippen molar-refractivity contribution >= 4 is 11.9 Å². The normalized spacial score (nSPS) is 18.2. The molecule has 1 atom stereocenters. The first-order valence-corrected chi connectivity index (χ1v) is 7.37. The second-order valence-corrected chi connectivity index (χ2v) is 5.64. The van der Waals surface area contributed by atoms with Crippen molar-refractivity contribution in [1.82, 2.24) is 10.2 Å². The number of rotatable bonds is 7. The number of urea groups is 1. The molecule has 1 aromatic rings. The van der Waals surface area contributed by atoms with E-state index in [0.29, 0.717) is 31.9 Å². The number of hydrogen-bond acceptors (Lipinski definition) is 3. The van der Waals surface area contributed by atoms with E-state index in [4.69, 9.17) is 4.74 Å². The molecule has 1 aliphatic heterocycles. The number of amides is 3. The molecule has 0 unspecified atom stereocenters. The molecule has 0 aromatic heterocycles. The summed E-state index contributed by atoms with van der Waals surface area (Å²) in [5, 5.41) is 2.74. The molecule has 0 saturated carbocycles. The Morgan fingerprint density at radius 2 is 1.95 bits per heavy atom. The second-order valence-electron chi connectivity index (χ2n) is 5.64. The smallest absolute Gasteiger partial charge is 0.324 e. The van der Waals surface area contributed by atoms with Crippen LogP contribution < -0.4 is 10.1 Å². The first kappa shape index (κ1) is 15.4. The molecular formula is C16H22N2O3. The summed E-state index contributed by atoms with van der Waals surface area (Å²) in [6.45, 7) is 4.95. The molecule has 21 heavy (non-hydrogen) atoms. The first-order valence-electron chi connectivity index (χ1n) is 7.37. The average molecular weight is 290 g/mol. The maximum atomic E-state index is 12.1. The zero-order valence-electron chi connectivity index (χ0n) is 12.5. The van der Waals surface area contributed by atoms with Crippen molar-refractivity contribution in [3.8, 4) is 5.75 Å². The minimum atomic E-state index is -0.368. The van der Waals surface area contributed by atoms with E-state index in [0.717, 1.165) is 5.75 Å². The Hall–Kier alpha value is -2.04. The van der Waals surface area contributed by atoms with Gasteiger partial charge in [0.25, 0.3) is 5.91 Å². The maximum Gasteiger partial charge on any atom is 0.324 e. The van der Waals surface area contributed by atoms with Gasteiger partial charge in [0.15, 0.2) is 0 Å². The lowest BCUT2D eigenvalue weighted by molar-refractivity contribution is -0.127. The van der Waals surface area contributed by atoms with Crippen LogP contribution in [0.15, 0.2) is 30.3 Å². The van der Waals surface area contributed by atoms with Crippen molar-refractivity contribution in [1.29, 1.82) is 0 Å². The molecule has 0 bridgehead atoms. The van der Waals surface area contributed by atoms with Gasteiger partial charge in [0.1, 0.15) is 11.8 Å². The molecule has 1 fully saturated rings. The molecule has 1 saturated heterocycles. The molecule has 1 aliphatic rings. The van der Waals surface area contributed by atoms with Crippen LogP contribution in [0.2, 0.25) is 0 Å². The monoisotopic (exact) mass is 290 g/mol. The Bertz CT molecular complexity index is 488. The summed E-state index contributed by atoms with van der Waals surface area (Å²) in [4.78, 5) is 25.2. The lowest BCUT2D eigenvalue weighted by Crippen LogP contribution is -2.33. The molecule has 3 amide bonds. The summed E-state index contributed by atoms with van der Waals surface area (Å²) < 4.78 is 5.56. The number of hydrogen-bond donors (Lipinski definition) is 1. The molecule has 1 N–H and O–H groups in total. The molecular weight excluding hydrogens is 268 g/mol. The summed E-state index contributed by atoms with van der Waals surface area (Å²) in [5.41, 5.74) is 0. The predicted octanol–water partition coefficient (Wildman–Crippen LogP) is 2.42. The summed E-state index contributed by atoms with van der Waals surface area (Å²) >= 11 is 0. The van der Waals surface area contributed by atoms with Gasteiger partial charge >= 0.3 is 6.03 Å². The highest BCUT2D eigenvalue weighted by atomic mass is 16.5.